The highest BCUT2D eigenvalue weighted by Crippen LogP contribution is 2.15. The van der Waals surface area contributed by atoms with Gasteiger partial charge < -0.3 is 25.2 Å². The minimum Gasteiger partial charge on any atom is -0.480 e. The van der Waals surface area contributed by atoms with E-state index in [4.69, 9.17) is 9.47 Å². The Hall–Kier alpha value is -2.65. The van der Waals surface area contributed by atoms with E-state index in [1.807, 2.05) is 0 Å². The van der Waals surface area contributed by atoms with E-state index in [1.54, 1.807) is 6.92 Å². The zero-order valence-corrected chi connectivity index (χ0v) is 14.1. The molecular formula is C15H22N2O8. The largest absolute Gasteiger partial charge is 0.480 e. The number of aliphatic carboxylic acids is 1. The number of rotatable bonds is 9. The molecule has 0 aromatic rings. The van der Waals surface area contributed by atoms with Crippen molar-refractivity contribution in [3.8, 4) is 0 Å². The molecule has 2 amide bonds. The molecule has 3 N–H and O–H groups in total. The van der Waals surface area contributed by atoms with Crippen LogP contribution in [0.3, 0.4) is 0 Å². The van der Waals surface area contributed by atoms with Gasteiger partial charge in [-0.15, -0.1) is 0 Å². The maximum Gasteiger partial charge on any atom is 0.327 e. The molecule has 0 aliphatic carbocycles. The summed E-state index contributed by atoms with van der Waals surface area (Å²) in [6, 6.07) is -2.56. The summed E-state index contributed by atoms with van der Waals surface area (Å²) in [5.41, 5.74) is 0. The van der Waals surface area contributed by atoms with Crippen LogP contribution in [0.1, 0.15) is 33.1 Å². The molecule has 1 heterocycles. The normalized spacial score (nSPS) is 18.6. The lowest BCUT2D eigenvalue weighted by Crippen LogP contribution is -2.54. The fourth-order valence-electron chi connectivity index (χ4n) is 2.39. The Morgan fingerprint density at radius 1 is 1.24 bits per heavy atom. The Bertz CT molecular complexity index is 548. The number of carbonyl (C=O) groups excluding carboxylic acids is 4. The Kier molecular flexibility index (Phi) is 7.83. The summed E-state index contributed by atoms with van der Waals surface area (Å²) in [5.74, 6) is -5.72. The number of ether oxygens (including phenoxy) is 2. The van der Waals surface area contributed by atoms with Gasteiger partial charge in [-0.2, -0.15) is 0 Å². The molecule has 10 heteroatoms. The molecule has 1 saturated heterocycles. The van der Waals surface area contributed by atoms with E-state index in [9.17, 15) is 29.1 Å². The SMILES string of the molecule is CCOC(=O)C[C@H](C(=O)OCC)[C@H](NC(=O)[C@@H]1CCC(=O)N1)C(=O)O. The average molecular weight is 358 g/mol. The predicted molar refractivity (Wildman–Crippen MR) is 82.1 cm³/mol. The Morgan fingerprint density at radius 2 is 1.88 bits per heavy atom. The van der Waals surface area contributed by atoms with Crippen LogP contribution in [0.4, 0.5) is 0 Å². The molecule has 1 aliphatic heterocycles. The van der Waals surface area contributed by atoms with Crippen LogP contribution in [0.5, 0.6) is 0 Å². The Labute approximate surface area is 144 Å². The van der Waals surface area contributed by atoms with Crippen LogP contribution < -0.4 is 10.6 Å². The highest BCUT2D eigenvalue weighted by atomic mass is 16.5. The van der Waals surface area contributed by atoms with Crippen LogP contribution in [-0.2, 0) is 33.4 Å². The van der Waals surface area contributed by atoms with Gasteiger partial charge in [0.15, 0.2) is 0 Å². The van der Waals surface area contributed by atoms with E-state index in [0.29, 0.717) is 0 Å². The molecule has 1 rings (SSSR count). The number of carboxylic acid groups (broad SMARTS) is 1. The summed E-state index contributed by atoms with van der Waals surface area (Å²) in [4.78, 5) is 58.6. The highest BCUT2D eigenvalue weighted by molar-refractivity contribution is 5.95. The molecule has 1 fully saturated rings. The number of carbonyl (C=O) groups is 5. The Morgan fingerprint density at radius 3 is 2.36 bits per heavy atom. The number of amides is 2. The summed E-state index contributed by atoms with van der Waals surface area (Å²) < 4.78 is 9.55. The van der Waals surface area contributed by atoms with E-state index >= 15 is 0 Å². The van der Waals surface area contributed by atoms with E-state index < -0.39 is 48.2 Å². The van der Waals surface area contributed by atoms with Crippen molar-refractivity contribution >= 4 is 29.7 Å². The van der Waals surface area contributed by atoms with Crippen LogP contribution in [0.15, 0.2) is 0 Å². The maximum absolute atomic E-state index is 12.1. The number of hydrogen-bond donors (Lipinski definition) is 3. The van der Waals surface area contributed by atoms with Gasteiger partial charge in [-0.3, -0.25) is 19.2 Å². The summed E-state index contributed by atoms with van der Waals surface area (Å²) in [6.07, 6.45) is -0.181. The standard InChI is InChI=1S/C15H22N2O8/c1-3-24-11(19)7-8(15(23)25-4-2)12(14(21)22)17-13(20)9-5-6-10(18)16-9/h8-9,12H,3-7H2,1-2H3,(H,16,18)(H,17,20)(H,21,22)/t8-,9-,12-/m0/s1. The van der Waals surface area contributed by atoms with Gasteiger partial charge in [-0.1, -0.05) is 0 Å². The van der Waals surface area contributed by atoms with Gasteiger partial charge in [0.1, 0.15) is 12.1 Å². The first-order valence-corrected chi connectivity index (χ1v) is 7.94. The number of carboxylic acids is 1. The third-order valence-corrected chi connectivity index (χ3v) is 3.56. The van der Waals surface area contributed by atoms with E-state index in [2.05, 4.69) is 10.6 Å². The predicted octanol–water partition coefficient (Wildman–Crippen LogP) is -1.03. The third kappa shape index (κ3) is 6.05. The van der Waals surface area contributed by atoms with Gasteiger partial charge in [0, 0.05) is 6.42 Å². The zero-order valence-electron chi connectivity index (χ0n) is 14.1. The van der Waals surface area contributed by atoms with Crippen molar-refractivity contribution in [2.45, 2.75) is 45.2 Å². The zero-order chi connectivity index (χ0) is 19.0. The first kappa shape index (κ1) is 20.4. The van der Waals surface area contributed by atoms with E-state index in [1.165, 1.54) is 6.92 Å². The van der Waals surface area contributed by atoms with Crippen molar-refractivity contribution in [1.29, 1.82) is 0 Å². The molecule has 0 aromatic carbocycles. The lowest BCUT2D eigenvalue weighted by molar-refractivity contribution is -0.160. The number of nitrogens with one attached hydrogen (secondary N) is 2. The topological polar surface area (TPSA) is 148 Å². The molecule has 25 heavy (non-hydrogen) atoms. The molecule has 0 saturated carbocycles. The van der Waals surface area contributed by atoms with Crippen LogP contribution >= 0.6 is 0 Å². The molecule has 140 valence electrons. The van der Waals surface area contributed by atoms with Gasteiger partial charge in [-0.25, -0.2) is 4.79 Å². The summed E-state index contributed by atoms with van der Waals surface area (Å²) in [5, 5.41) is 14.0. The summed E-state index contributed by atoms with van der Waals surface area (Å²) in [7, 11) is 0. The van der Waals surface area contributed by atoms with Gasteiger partial charge in [0.25, 0.3) is 0 Å². The van der Waals surface area contributed by atoms with Gasteiger partial charge >= 0.3 is 17.9 Å². The third-order valence-electron chi connectivity index (χ3n) is 3.56. The maximum atomic E-state index is 12.1. The molecule has 3 atom stereocenters. The molecule has 0 bridgehead atoms. The lowest BCUT2D eigenvalue weighted by Gasteiger charge is -2.24. The van der Waals surface area contributed by atoms with Crippen molar-refractivity contribution in [1.82, 2.24) is 10.6 Å². The second kappa shape index (κ2) is 9.60. The van der Waals surface area contributed by atoms with Gasteiger partial charge in [-0.05, 0) is 20.3 Å². The first-order valence-electron chi connectivity index (χ1n) is 7.94. The molecule has 0 aromatic heterocycles. The number of hydrogen-bond acceptors (Lipinski definition) is 7. The van der Waals surface area contributed by atoms with Gasteiger partial charge in [0.2, 0.25) is 11.8 Å². The number of esters is 2. The average Bonchev–Trinajstić information content (AvgIpc) is 2.97. The molecule has 1 aliphatic rings. The quantitative estimate of drug-likeness (QED) is 0.443. The van der Waals surface area contributed by atoms with Crippen LogP contribution in [-0.4, -0.2) is 60.1 Å². The van der Waals surface area contributed by atoms with Crippen molar-refractivity contribution < 1.29 is 38.6 Å². The van der Waals surface area contributed by atoms with Crippen LogP contribution in [0, 0.1) is 5.92 Å². The van der Waals surface area contributed by atoms with E-state index in [-0.39, 0.29) is 32.0 Å². The van der Waals surface area contributed by atoms with E-state index in [0.717, 1.165) is 0 Å². The summed E-state index contributed by atoms with van der Waals surface area (Å²) >= 11 is 0. The van der Waals surface area contributed by atoms with Crippen LogP contribution in [0.2, 0.25) is 0 Å². The van der Waals surface area contributed by atoms with Gasteiger partial charge in [0.05, 0.1) is 25.6 Å². The van der Waals surface area contributed by atoms with Crippen molar-refractivity contribution in [2.75, 3.05) is 13.2 Å². The minimum absolute atomic E-state index is 0.0167. The highest BCUT2D eigenvalue weighted by Gasteiger charge is 2.40. The smallest absolute Gasteiger partial charge is 0.327 e. The lowest BCUT2D eigenvalue weighted by atomic mass is 9.95. The van der Waals surface area contributed by atoms with Crippen molar-refractivity contribution in [3.63, 3.8) is 0 Å². The fourth-order valence-corrected chi connectivity index (χ4v) is 2.39. The van der Waals surface area contributed by atoms with Crippen molar-refractivity contribution in [3.05, 3.63) is 0 Å². The monoisotopic (exact) mass is 358 g/mol. The fraction of sp³-hybridized carbons (Fsp3) is 0.667. The molecule has 0 unspecified atom stereocenters. The summed E-state index contributed by atoms with van der Waals surface area (Å²) in [6.45, 7) is 3.14. The molecule has 10 nitrogen and oxygen atoms in total. The molecule has 0 radical (unpaired) electrons. The first-order chi connectivity index (χ1) is 11.8. The van der Waals surface area contributed by atoms with Crippen molar-refractivity contribution in [2.24, 2.45) is 5.92 Å². The second-order valence-electron chi connectivity index (χ2n) is 5.35. The van der Waals surface area contributed by atoms with Crippen LogP contribution in [0.25, 0.3) is 0 Å². The minimum atomic E-state index is -1.69. The molecular weight excluding hydrogens is 336 g/mol. The molecule has 0 spiro atoms. The Balaban J connectivity index is 2.91. The second-order valence-corrected chi connectivity index (χ2v) is 5.35.